The summed E-state index contributed by atoms with van der Waals surface area (Å²) < 4.78 is 14.9. The molecule has 0 saturated carbocycles. The van der Waals surface area contributed by atoms with Gasteiger partial charge in [-0.15, -0.1) is 0 Å². The Labute approximate surface area is 144 Å². The molecule has 126 valence electrons. The Morgan fingerprint density at radius 3 is 2.67 bits per heavy atom. The summed E-state index contributed by atoms with van der Waals surface area (Å²) in [5.74, 6) is 0.546. The maximum absolute atomic E-state index is 12.9. The number of aryl methyl sites for hydroxylation is 1. The van der Waals surface area contributed by atoms with Crippen LogP contribution in [0.25, 0.3) is 11.0 Å². The summed E-state index contributed by atoms with van der Waals surface area (Å²) in [6, 6.07) is 11.4. The molecule has 1 heterocycles. The molecule has 4 nitrogen and oxygen atoms in total. The Morgan fingerprint density at radius 2 is 1.96 bits per heavy atom. The van der Waals surface area contributed by atoms with E-state index in [0.717, 1.165) is 16.9 Å². The van der Waals surface area contributed by atoms with Gasteiger partial charge in [0.25, 0.3) is 0 Å². The monoisotopic (exact) mass is 347 g/mol. The number of halogens is 2. The molecule has 0 amide bonds. The molecule has 0 aliphatic carbocycles. The van der Waals surface area contributed by atoms with Crippen molar-refractivity contribution in [2.24, 2.45) is 7.05 Å². The van der Waals surface area contributed by atoms with Crippen molar-refractivity contribution >= 4 is 22.6 Å². The summed E-state index contributed by atoms with van der Waals surface area (Å²) in [5, 5.41) is 14.1. The number of aliphatic hydroxyl groups is 1. The van der Waals surface area contributed by atoms with Gasteiger partial charge >= 0.3 is 0 Å². The Morgan fingerprint density at radius 1 is 1.25 bits per heavy atom. The van der Waals surface area contributed by atoms with Crippen LogP contribution in [0.2, 0.25) is 5.02 Å². The lowest BCUT2D eigenvalue weighted by Crippen LogP contribution is -2.26. The van der Waals surface area contributed by atoms with Gasteiger partial charge in [-0.05, 0) is 42.8 Å². The van der Waals surface area contributed by atoms with Crippen LogP contribution in [0.4, 0.5) is 4.39 Å². The number of hydrogen-bond donors (Lipinski definition) is 2. The van der Waals surface area contributed by atoms with Crippen molar-refractivity contribution in [1.29, 1.82) is 0 Å². The van der Waals surface area contributed by atoms with Crippen LogP contribution in [0.3, 0.4) is 0 Å². The van der Waals surface area contributed by atoms with Gasteiger partial charge in [-0.25, -0.2) is 9.37 Å². The van der Waals surface area contributed by atoms with Gasteiger partial charge in [0.1, 0.15) is 11.6 Å². The molecule has 3 aromatic rings. The van der Waals surface area contributed by atoms with Crippen LogP contribution in [0.1, 0.15) is 30.5 Å². The maximum atomic E-state index is 12.9. The number of benzene rings is 2. The van der Waals surface area contributed by atoms with Crippen LogP contribution >= 0.6 is 11.6 Å². The highest BCUT2D eigenvalue weighted by Gasteiger charge is 2.16. The number of hydrogen-bond acceptors (Lipinski definition) is 3. The Balaban J connectivity index is 1.72. The molecule has 0 aliphatic rings. The van der Waals surface area contributed by atoms with Gasteiger partial charge in [0, 0.05) is 18.6 Å². The van der Waals surface area contributed by atoms with Crippen LogP contribution in [0.5, 0.6) is 0 Å². The van der Waals surface area contributed by atoms with Crippen molar-refractivity contribution in [2.45, 2.75) is 19.1 Å². The predicted octanol–water partition coefficient (Wildman–Crippen LogP) is 3.75. The molecule has 6 heteroatoms. The largest absolute Gasteiger partial charge is 0.387 e. The summed E-state index contributed by atoms with van der Waals surface area (Å²) in [7, 11) is 1.95. The van der Waals surface area contributed by atoms with Crippen molar-refractivity contribution in [1.82, 2.24) is 14.9 Å². The predicted molar refractivity (Wildman–Crippen MR) is 93.5 cm³/mol. The summed E-state index contributed by atoms with van der Waals surface area (Å²) >= 11 is 6.02. The van der Waals surface area contributed by atoms with Crippen molar-refractivity contribution in [3.8, 4) is 0 Å². The smallest absolute Gasteiger partial charge is 0.126 e. The average molecular weight is 348 g/mol. The first-order valence-corrected chi connectivity index (χ1v) is 8.12. The van der Waals surface area contributed by atoms with E-state index >= 15 is 0 Å². The van der Waals surface area contributed by atoms with E-state index in [0.29, 0.717) is 17.1 Å². The fraction of sp³-hybridized carbons (Fsp3) is 0.278. The molecule has 2 N–H and O–H groups in total. The average Bonchev–Trinajstić information content (AvgIpc) is 2.89. The van der Waals surface area contributed by atoms with Crippen LogP contribution in [0, 0.1) is 5.82 Å². The zero-order valence-electron chi connectivity index (χ0n) is 13.5. The molecular weight excluding hydrogens is 329 g/mol. The van der Waals surface area contributed by atoms with Crippen molar-refractivity contribution in [3.63, 3.8) is 0 Å². The molecule has 0 fully saturated rings. The second-order valence-corrected chi connectivity index (χ2v) is 6.30. The normalized spacial score (nSPS) is 14.0. The first-order valence-electron chi connectivity index (χ1n) is 7.74. The molecule has 0 radical (unpaired) electrons. The van der Waals surface area contributed by atoms with Gasteiger partial charge < -0.3 is 15.0 Å². The van der Waals surface area contributed by atoms with E-state index in [-0.39, 0.29) is 11.9 Å². The number of fused-ring (bicyclic) bond motifs is 1. The van der Waals surface area contributed by atoms with Gasteiger partial charge in [0.15, 0.2) is 0 Å². The van der Waals surface area contributed by atoms with Crippen molar-refractivity contribution in [3.05, 3.63) is 64.7 Å². The summed E-state index contributed by atoms with van der Waals surface area (Å²) in [5.41, 5.74) is 2.52. The molecule has 24 heavy (non-hydrogen) atoms. The molecule has 3 rings (SSSR count). The molecule has 1 aromatic heterocycles. The fourth-order valence-electron chi connectivity index (χ4n) is 2.76. The van der Waals surface area contributed by atoms with Crippen LogP contribution in [-0.2, 0) is 7.05 Å². The van der Waals surface area contributed by atoms with E-state index in [1.165, 1.54) is 12.1 Å². The van der Waals surface area contributed by atoms with E-state index < -0.39 is 6.10 Å². The van der Waals surface area contributed by atoms with Gasteiger partial charge in [-0.3, -0.25) is 0 Å². The minimum Gasteiger partial charge on any atom is -0.387 e. The third-order valence-corrected chi connectivity index (χ3v) is 4.37. The van der Waals surface area contributed by atoms with Gasteiger partial charge in [-0.1, -0.05) is 23.7 Å². The second kappa shape index (κ2) is 6.89. The van der Waals surface area contributed by atoms with Crippen LogP contribution < -0.4 is 5.32 Å². The molecule has 2 aromatic carbocycles. The molecule has 0 aliphatic heterocycles. The van der Waals surface area contributed by atoms with E-state index in [9.17, 15) is 9.50 Å². The van der Waals surface area contributed by atoms with E-state index in [1.807, 2.05) is 36.7 Å². The third-order valence-electron chi connectivity index (χ3n) is 4.14. The highest BCUT2D eigenvalue weighted by atomic mass is 35.5. The number of nitrogens with zero attached hydrogens (tertiary/aromatic N) is 2. The van der Waals surface area contributed by atoms with Crippen molar-refractivity contribution in [2.75, 3.05) is 6.54 Å². The zero-order valence-corrected chi connectivity index (χ0v) is 14.3. The maximum Gasteiger partial charge on any atom is 0.126 e. The number of aliphatic hydroxyl groups excluding tert-OH is 1. The lowest BCUT2D eigenvalue weighted by atomic mass is 10.1. The number of rotatable bonds is 5. The van der Waals surface area contributed by atoms with E-state index in [1.54, 1.807) is 12.1 Å². The number of aromatic nitrogens is 2. The Kier molecular flexibility index (Phi) is 4.85. The molecule has 0 saturated heterocycles. The fourth-order valence-corrected chi connectivity index (χ4v) is 2.93. The minimum absolute atomic E-state index is 0.0590. The topological polar surface area (TPSA) is 50.1 Å². The second-order valence-electron chi connectivity index (χ2n) is 5.86. The molecule has 2 unspecified atom stereocenters. The van der Waals surface area contributed by atoms with Crippen molar-refractivity contribution < 1.29 is 9.50 Å². The van der Waals surface area contributed by atoms with E-state index in [4.69, 9.17) is 11.6 Å². The number of imidazole rings is 1. The molecule has 0 spiro atoms. The lowest BCUT2D eigenvalue weighted by Gasteiger charge is -2.17. The standard InChI is InChI=1S/C18H19ClFN3O/c1-11(21-10-17(24)12-3-6-14(20)7-4-12)18-22-15-9-13(19)5-8-16(15)23(18)2/h3-9,11,17,21,24H,10H2,1-2H3. The highest BCUT2D eigenvalue weighted by molar-refractivity contribution is 6.31. The first-order chi connectivity index (χ1) is 11.5. The molecule has 0 bridgehead atoms. The van der Waals surface area contributed by atoms with Gasteiger partial charge in [-0.2, -0.15) is 0 Å². The SMILES string of the molecule is CC(NCC(O)c1ccc(F)cc1)c1nc2cc(Cl)ccc2n1C. The van der Waals surface area contributed by atoms with E-state index in [2.05, 4.69) is 10.3 Å². The Bertz CT molecular complexity index is 847. The summed E-state index contributed by atoms with van der Waals surface area (Å²) in [4.78, 5) is 4.62. The summed E-state index contributed by atoms with van der Waals surface area (Å²) in [6.45, 7) is 2.33. The first kappa shape index (κ1) is 16.9. The Hall–Kier alpha value is -1.95. The lowest BCUT2D eigenvalue weighted by molar-refractivity contribution is 0.170. The highest BCUT2D eigenvalue weighted by Crippen LogP contribution is 2.23. The minimum atomic E-state index is -0.711. The van der Waals surface area contributed by atoms with Crippen LogP contribution in [-0.4, -0.2) is 21.2 Å². The number of nitrogens with one attached hydrogen (secondary N) is 1. The van der Waals surface area contributed by atoms with Crippen LogP contribution in [0.15, 0.2) is 42.5 Å². The molecule has 2 atom stereocenters. The quantitative estimate of drug-likeness (QED) is 0.739. The summed E-state index contributed by atoms with van der Waals surface area (Å²) in [6.07, 6.45) is -0.711. The van der Waals surface area contributed by atoms with Gasteiger partial charge in [0.05, 0.1) is 23.2 Å². The van der Waals surface area contributed by atoms with Gasteiger partial charge in [0.2, 0.25) is 0 Å². The molecular formula is C18H19ClFN3O. The zero-order chi connectivity index (χ0) is 17.3. The third kappa shape index (κ3) is 3.43.